The Hall–Kier alpha value is -2.34. The van der Waals surface area contributed by atoms with Crippen LogP contribution >= 0.6 is 0 Å². The maximum atomic E-state index is 12.3. The van der Waals surface area contributed by atoms with E-state index in [-0.39, 0.29) is 24.9 Å². The molecule has 1 N–H and O–H groups in total. The van der Waals surface area contributed by atoms with Gasteiger partial charge < -0.3 is 5.32 Å². The van der Waals surface area contributed by atoms with E-state index in [9.17, 15) is 13.2 Å². The summed E-state index contributed by atoms with van der Waals surface area (Å²) >= 11 is 0. The standard InChI is InChI=1S/C22H30N2O3S/c1-16-8-10-20(11-9-16)19(4)23-22(25)7-6-12-24(28(5,26)27)21-14-17(2)13-18(3)15-21/h8-11,13-15,19H,6-7,12H2,1-5H3,(H,23,25). The molecule has 0 fully saturated rings. The molecule has 0 heterocycles. The van der Waals surface area contributed by atoms with Crippen molar-refractivity contribution >= 4 is 21.6 Å². The Labute approximate surface area is 168 Å². The van der Waals surface area contributed by atoms with E-state index in [0.29, 0.717) is 12.1 Å². The van der Waals surface area contributed by atoms with E-state index in [1.165, 1.54) is 16.1 Å². The van der Waals surface area contributed by atoms with E-state index in [0.717, 1.165) is 16.7 Å². The van der Waals surface area contributed by atoms with Gasteiger partial charge in [-0.1, -0.05) is 35.9 Å². The number of sulfonamides is 1. The van der Waals surface area contributed by atoms with Crippen molar-refractivity contribution in [3.63, 3.8) is 0 Å². The topological polar surface area (TPSA) is 66.5 Å². The monoisotopic (exact) mass is 402 g/mol. The fourth-order valence-corrected chi connectivity index (χ4v) is 4.17. The lowest BCUT2D eigenvalue weighted by Gasteiger charge is -2.23. The predicted octanol–water partition coefficient (Wildman–Crippen LogP) is 4.04. The molecule has 152 valence electrons. The van der Waals surface area contributed by atoms with Gasteiger partial charge in [0.1, 0.15) is 0 Å². The van der Waals surface area contributed by atoms with Gasteiger partial charge in [0.05, 0.1) is 18.0 Å². The molecule has 1 amide bonds. The van der Waals surface area contributed by atoms with Gasteiger partial charge in [-0.3, -0.25) is 9.10 Å². The number of anilines is 1. The lowest BCUT2D eigenvalue weighted by atomic mass is 10.1. The summed E-state index contributed by atoms with van der Waals surface area (Å²) in [6.07, 6.45) is 1.92. The molecular weight excluding hydrogens is 372 g/mol. The molecular formula is C22H30N2O3S. The Morgan fingerprint density at radius 3 is 2.11 bits per heavy atom. The van der Waals surface area contributed by atoms with Gasteiger partial charge >= 0.3 is 0 Å². The second-order valence-electron chi connectivity index (χ2n) is 7.48. The molecule has 0 spiro atoms. The molecule has 0 aliphatic rings. The molecule has 5 nitrogen and oxygen atoms in total. The van der Waals surface area contributed by atoms with Crippen molar-refractivity contribution in [3.05, 3.63) is 64.7 Å². The first-order valence-electron chi connectivity index (χ1n) is 9.48. The van der Waals surface area contributed by atoms with Crippen LogP contribution in [0.25, 0.3) is 0 Å². The maximum absolute atomic E-state index is 12.3. The molecule has 0 bridgehead atoms. The summed E-state index contributed by atoms with van der Waals surface area (Å²) in [6, 6.07) is 13.7. The van der Waals surface area contributed by atoms with Crippen molar-refractivity contribution in [2.45, 2.75) is 46.6 Å². The summed E-state index contributed by atoms with van der Waals surface area (Å²) in [6.45, 7) is 8.12. The third kappa shape index (κ3) is 6.37. The number of hydrogen-bond donors (Lipinski definition) is 1. The van der Waals surface area contributed by atoms with E-state index in [1.54, 1.807) is 0 Å². The zero-order valence-electron chi connectivity index (χ0n) is 17.3. The molecule has 0 aliphatic heterocycles. The Morgan fingerprint density at radius 1 is 1.00 bits per heavy atom. The van der Waals surface area contributed by atoms with Crippen LogP contribution in [0.3, 0.4) is 0 Å². The molecule has 0 radical (unpaired) electrons. The largest absolute Gasteiger partial charge is 0.350 e. The summed E-state index contributed by atoms with van der Waals surface area (Å²) in [5.74, 6) is -0.0815. The summed E-state index contributed by atoms with van der Waals surface area (Å²) < 4.78 is 25.9. The van der Waals surface area contributed by atoms with E-state index < -0.39 is 10.0 Å². The number of amides is 1. The third-order valence-electron chi connectivity index (χ3n) is 4.61. The van der Waals surface area contributed by atoms with Crippen molar-refractivity contribution in [3.8, 4) is 0 Å². The van der Waals surface area contributed by atoms with Gasteiger partial charge in [-0.15, -0.1) is 0 Å². The number of hydrogen-bond acceptors (Lipinski definition) is 3. The molecule has 2 aromatic carbocycles. The second kappa shape index (κ2) is 9.24. The van der Waals surface area contributed by atoms with Crippen molar-refractivity contribution < 1.29 is 13.2 Å². The molecule has 2 aromatic rings. The highest BCUT2D eigenvalue weighted by atomic mass is 32.2. The van der Waals surface area contributed by atoms with Crippen LogP contribution in [-0.4, -0.2) is 27.1 Å². The first kappa shape index (κ1) is 22.0. The first-order valence-corrected chi connectivity index (χ1v) is 11.3. The average molecular weight is 403 g/mol. The van der Waals surface area contributed by atoms with E-state index >= 15 is 0 Å². The van der Waals surface area contributed by atoms with Crippen LogP contribution in [0.4, 0.5) is 5.69 Å². The van der Waals surface area contributed by atoms with Crippen molar-refractivity contribution in [1.82, 2.24) is 5.32 Å². The van der Waals surface area contributed by atoms with E-state index in [2.05, 4.69) is 5.32 Å². The Morgan fingerprint density at radius 2 is 1.57 bits per heavy atom. The second-order valence-corrected chi connectivity index (χ2v) is 9.39. The van der Waals surface area contributed by atoms with Crippen LogP contribution < -0.4 is 9.62 Å². The summed E-state index contributed by atoms with van der Waals surface area (Å²) in [4.78, 5) is 12.3. The Kier molecular flexibility index (Phi) is 7.24. The zero-order valence-corrected chi connectivity index (χ0v) is 18.1. The number of carbonyl (C=O) groups is 1. The summed E-state index contributed by atoms with van der Waals surface area (Å²) in [5, 5.41) is 2.98. The minimum atomic E-state index is -3.42. The predicted molar refractivity (Wildman–Crippen MR) is 115 cm³/mol. The molecule has 0 aromatic heterocycles. The number of aryl methyl sites for hydroxylation is 3. The van der Waals surface area contributed by atoms with Gasteiger partial charge in [-0.2, -0.15) is 0 Å². The molecule has 1 atom stereocenters. The van der Waals surface area contributed by atoms with Gasteiger partial charge in [-0.05, 0) is 62.9 Å². The summed E-state index contributed by atoms with van der Waals surface area (Å²) in [5.41, 5.74) is 4.89. The fraction of sp³-hybridized carbons (Fsp3) is 0.409. The molecule has 0 saturated heterocycles. The molecule has 1 unspecified atom stereocenters. The highest BCUT2D eigenvalue weighted by Gasteiger charge is 2.18. The Balaban J connectivity index is 1.96. The molecule has 6 heteroatoms. The number of nitrogens with one attached hydrogen (secondary N) is 1. The normalized spacial score (nSPS) is 12.5. The highest BCUT2D eigenvalue weighted by Crippen LogP contribution is 2.22. The lowest BCUT2D eigenvalue weighted by molar-refractivity contribution is -0.121. The first-order chi connectivity index (χ1) is 13.1. The van der Waals surface area contributed by atoms with Crippen molar-refractivity contribution in [1.29, 1.82) is 0 Å². The van der Waals surface area contributed by atoms with Crippen LogP contribution in [0, 0.1) is 20.8 Å². The van der Waals surface area contributed by atoms with Crippen LogP contribution in [-0.2, 0) is 14.8 Å². The SMILES string of the molecule is Cc1ccc(C(C)NC(=O)CCCN(c2cc(C)cc(C)c2)S(C)(=O)=O)cc1. The minimum Gasteiger partial charge on any atom is -0.350 e. The number of carbonyl (C=O) groups excluding carboxylic acids is 1. The highest BCUT2D eigenvalue weighted by molar-refractivity contribution is 7.92. The van der Waals surface area contributed by atoms with Gasteiger partial charge in [0.15, 0.2) is 0 Å². The summed E-state index contributed by atoms with van der Waals surface area (Å²) in [7, 11) is -3.42. The number of rotatable bonds is 8. The quantitative estimate of drug-likeness (QED) is 0.725. The zero-order chi connectivity index (χ0) is 20.9. The smallest absolute Gasteiger partial charge is 0.232 e. The Bertz CT molecular complexity index is 901. The van der Waals surface area contributed by atoms with Crippen LogP contribution in [0.1, 0.15) is 48.1 Å². The molecule has 0 saturated carbocycles. The minimum absolute atomic E-state index is 0.0815. The lowest BCUT2D eigenvalue weighted by Crippen LogP contribution is -2.32. The van der Waals surface area contributed by atoms with Crippen LogP contribution in [0.2, 0.25) is 0 Å². The van der Waals surface area contributed by atoms with Gasteiger partial charge in [-0.25, -0.2) is 8.42 Å². The van der Waals surface area contributed by atoms with Crippen LogP contribution in [0.15, 0.2) is 42.5 Å². The van der Waals surface area contributed by atoms with Gasteiger partial charge in [0, 0.05) is 13.0 Å². The van der Waals surface area contributed by atoms with Crippen molar-refractivity contribution in [2.75, 3.05) is 17.1 Å². The third-order valence-corrected chi connectivity index (χ3v) is 5.81. The molecule has 28 heavy (non-hydrogen) atoms. The fourth-order valence-electron chi connectivity index (χ4n) is 3.22. The molecule has 2 rings (SSSR count). The van der Waals surface area contributed by atoms with Gasteiger partial charge in [0.25, 0.3) is 0 Å². The van der Waals surface area contributed by atoms with E-state index in [1.807, 2.05) is 70.2 Å². The average Bonchev–Trinajstić information content (AvgIpc) is 2.57. The molecule has 0 aliphatic carbocycles. The number of nitrogens with zero attached hydrogens (tertiary/aromatic N) is 1. The van der Waals surface area contributed by atoms with E-state index in [4.69, 9.17) is 0 Å². The van der Waals surface area contributed by atoms with Gasteiger partial charge in [0.2, 0.25) is 15.9 Å². The van der Waals surface area contributed by atoms with Crippen LogP contribution in [0.5, 0.6) is 0 Å². The number of benzene rings is 2. The van der Waals surface area contributed by atoms with Crippen molar-refractivity contribution in [2.24, 2.45) is 0 Å². The maximum Gasteiger partial charge on any atom is 0.232 e.